The van der Waals surface area contributed by atoms with E-state index in [4.69, 9.17) is 10.2 Å². The molecule has 100 valence electrons. The molecule has 20 heavy (non-hydrogen) atoms. The van der Waals surface area contributed by atoms with E-state index in [1.165, 1.54) is 0 Å². The molecular weight excluding hydrogens is 254 g/mol. The van der Waals surface area contributed by atoms with Crippen LogP contribution < -0.4 is 11.1 Å². The number of rotatable bonds is 3. The summed E-state index contributed by atoms with van der Waals surface area (Å²) in [5, 5.41) is 3.62. The minimum atomic E-state index is -0.253. The molecule has 0 saturated carbocycles. The molecule has 0 unspecified atom stereocenters. The van der Waals surface area contributed by atoms with Crippen LogP contribution in [0.3, 0.4) is 0 Å². The number of furan rings is 1. The summed E-state index contributed by atoms with van der Waals surface area (Å²) in [6.45, 7) is 0.431. The molecule has 1 amide bonds. The predicted octanol–water partition coefficient (Wildman–Crippen LogP) is 2.34. The van der Waals surface area contributed by atoms with Gasteiger partial charge in [-0.2, -0.15) is 0 Å². The molecule has 0 aliphatic carbocycles. The summed E-state index contributed by atoms with van der Waals surface area (Å²) in [5.41, 5.74) is 7.96. The lowest BCUT2D eigenvalue weighted by Crippen LogP contribution is -2.22. The number of fused-ring (bicyclic) bond motifs is 1. The first kappa shape index (κ1) is 12.2. The normalized spacial score (nSPS) is 10.6. The van der Waals surface area contributed by atoms with E-state index in [-0.39, 0.29) is 11.7 Å². The summed E-state index contributed by atoms with van der Waals surface area (Å²) in [7, 11) is 0. The highest BCUT2D eigenvalue weighted by Gasteiger charge is 2.11. The number of carbonyl (C=O) groups is 1. The summed E-state index contributed by atoms with van der Waals surface area (Å²) in [5.74, 6) is 0.0243. The summed E-state index contributed by atoms with van der Waals surface area (Å²) >= 11 is 0. The monoisotopic (exact) mass is 267 g/mol. The van der Waals surface area contributed by atoms with Crippen LogP contribution in [-0.4, -0.2) is 10.9 Å². The van der Waals surface area contributed by atoms with Crippen molar-refractivity contribution in [2.24, 2.45) is 0 Å². The second-order valence-corrected chi connectivity index (χ2v) is 4.45. The molecular formula is C15H13N3O2. The number of nitrogens with one attached hydrogen (secondary N) is 1. The van der Waals surface area contributed by atoms with Crippen LogP contribution in [0.4, 0.5) is 5.69 Å². The molecule has 0 radical (unpaired) electrons. The number of nitrogens with zero attached hydrogens (tertiary/aromatic N) is 1. The Morgan fingerprint density at radius 2 is 2.00 bits per heavy atom. The van der Waals surface area contributed by atoms with Gasteiger partial charge in [0.05, 0.1) is 0 Å². The number of aromatic nitrogens is 1. The molecule has 1 aromatic carbocycles. The molecule has 2 heterocycles. The van der Waals surface area contributed by atoms with E-state index in [9.17, 15) is 4.79 Å². The van der Waals surface area contributed by atoms with Gasteiger partial charge in [-0.15, -0.1) is 0 Å². The molecule has 3 N–H and O–H groups in total. The maximum absolute atomic E-state index is 12.0. The van der Waals surface area contributed by atoms with E-state index < -0.39 is 0 Å². The molecule has 0 saturated heterocycles. The van der Waals surface area contributed by atoms with Crippen LogP contribution in [0.15, 0.2) is 53.2 Å². The van der Waals surface area contributed by atoms with Crippen LogP contribution >= 0.6 is 0 Å². The second kappa shape index (κ2) is 5.05. The first-order valence-corrected chi connectivity index (χ1v) is 6.18. The average Bonchev–Trinajstić information content (AvgIpc) is 2.89. The van der Waals surface area contributed by atoms with Crippen LogP contribution in [0.2, 0.25) is 0 Å². The summed E-state index contributed by atoms with van der Waals surface area (Å²) < 4.78 is 5.49. The molecule has 5 heteroatoms. The van der Waals surface area contributed by atoms with Gasteiger partial charge in [-0.25, -0.2) is 0 Å². The van der Waals surface area contributed by atoms with Crippen LogP contribution in [0.1, 0.15) is 16.1 Å². The van der Waals surface area contributed by atoms with Gasteiger partial charge in [-0.3, -0.25) is 9.78 Å². The lowest BCUT2D eigenvalue weighted by Gasteiger charge is -2.02. The number of amides is 1. The zero-order valence-electron chi connectivity index (χ0n) is 10.7. The number of hydrogen-bond acceptors (Lipinski definition) is 4. The lowest BCUT2D eigenvalue weighted by atomic mass is 10.2. The highest BCUT2D eigenvalue weighted by molar-refractivity contribution is 5.96. The van der Waals surface area contributed by atoms with Crippen molar-refractivity contribution in [1.82, 2.24) is 10.3 Å². The van der Waals surface area contributed by atoms with E-state index in [0.29, 0.717) is 17.8 Å². The van der Waals surface area contributed by atoms with Crippen molar-refractivity contribution in [3.8, 4) is 0 Å². The van der Waals surface area contributed by atoms with Crippen molar-refractivity contribution in [2.75, 3.05) is 5.73 Å². The standard InChI is InChI=1S/C15H13N3O2/c16-12-1-2-13-11(7-12)8-14(20-13)15(19)18-9-10-3-5-17-6-4-10/h1-8H,9,16H2,(H,18,19). The number of benzene rings is 1. The Morgan fingerprint density at radius 1 is 1.20 bits per heavy atom. The summed E-state index contributed by atoms with van der Waals surface area (Å²) in [4.78, 5) is 15.9. The van der Waals surface area contributed by atoms with E-state index in [2.05, 4.69) is 10.3 Å². The van der Waals surface area contributed by atoms with Gasteiger partial charge in [-0.05, 0) is 42.0 Å². The van der Waals surface area contributed by atoms with Gasteiger partial charge < -0.3 is 15.5 Å². The van der Waals surface area contributed by atoms with Gasteiger partial charge in [0.2, 0.25) is 0 Å². The Kier molecular flexibility index (Phi) is 3.09. The third-order valence-corrected chi connectivity index (χ3v) is 2.97. The van der Waals surface area contributed by atoms with Crippen molar-refractivity contribution in [1.29, 1.82) is 0 Å². The number of carbonyl (C=O) groups excluding carboxylic acids is 1. The van der Waals surface area contributed by atoms with Crippen molar-refractivity contribution >= 4 is 22.6 Å². The Labute approximate surface area is 115 Å². The van der Waals surface area contributed by atoms with Gasteiger partial charge in [0.15, 0.2) is 5.76 Å². The zero-order chi connectivity index (χ0) is 13.9. The van der Waals surface area contributed by atoms with Crippen molar-refractivity contribution in [2.45, 2.75) is 6.54 Å². The van der Waals surface area contributed by atoms with Crippen molar-refractivity contribution in [3.05, 3.63) is 60.1 Å². The second-order valence-electron chi connectivity index (χ2n) is 4.45. The fourth-order valence-corrected chi connectivity index (χ4v) is 1.94. The Balaban J connectivity index is 1.75. The molecule has 0 fully saturated rings. The van der Waals surface area contributed by atoms with Gasteiger partial charge in [0.1, 0.15) is 5.58 Å². The SMILES string of the molecule is Nc1ccc2oc(C(=O)NCc3ccncc3)cc2c1. The first-order valence-electron chi connectivity index (χ1n) is 6.18. The summed E-state index contributed by atoms with van der Waals surface area (Å²) in [6.07, 6.45) is 3.37. The lowest BCUT2D eigenvalue weighted by molar-refractivity contribution is 0.0925. The largest absolute Gasteiger partial charge is 0.451 e. The zero-order valence-corrected chi connectivity index (χ0v) is 10.7. The van der Waals surface area contributed by atoms with Crippen LogP contribution in [-0.2, 0) is 6.54 Å². The molecule has 0 atom stereocenters. The number of nitrogen functional groups attached to an aromatic ring is 1. The third kappa shape index (κ3) is 2.47. The molecule has 3 rings (SSSR count). The minimum Gasteiger partial charge on any atom is -0.451 e. The molecule has 0 spiro atoms. The molecule has 0 aliphatic heterocycles. The minimum absolute atomic E-state index is 0.253. The van der Waals surface area contributed by atoms with E-state index >= 15 is 0 Å². The Hall–Kier alpha value is -2.82. The van der Waals surface area contributed by atoms with E-state index in [1.807, 2.05) is 12.1 Å². The smallest absolute Gasteiger partial charge is 0.287 e. The first-order chi connectivity index (χ1) is 9.72. The Morgan fingerprint density at radius 3 is 2.80 bits per heavy atom. The maximum atomic E-state index is 12.0. The molecule has 5 nitrogen and oxygen atoms in total. The number of hydrogen-bond donors (Lipinski definition) is 2. The maximum Gasteiger partial charge on any atom is 0.287 e. The molecule has 0 aliphatic rings. The fraction of sp³-hybridized carbons (Fsp3) is 0.0667. The van der Waals surface area contributed by atoms with Crippen LogP contribution in [0.5, 0.6) is 0 Å². The molecule has 2 aromatic heterocycles. The van der Waals surface area contributed by atoms with Gasteiger partial charge in [0, 0.05) is 30.0 Å². The number of nitrogens with two attached hydrogens (primary N) is 1. The van der Waals surface area contributed by atoms with Crippen LogP contribution in [0.25, 0.3) is 11.0 Å². The van der Waals surface area contributed by atoms with Gasteiger partial charge >= 0.3 is 0 Å². The van der Waals surface area contributed by atoms with Crippen molar-refractivity contribution < 1.29 is 9.21 Å². The molecule has 0 bridgehead atoms. The third-order valence-electron chi connectivity index (χ3n) is 2.97. The topological polar surface area (TPSA) is 81.1 Å². The predicted molar refractivity (Wildman–Crippen MR) is 76.0 cm³/mol. The van der Waals surface area contributed by atoms with Gasteiger partial charge in [-0.1, -0.05) is 0 Å². The average molecular weight is 267 g/mol. The van der Waals surface area contributed by atoms with E-state index in [0.717, 1.165) is 10.9 Å². The highest BCUT2D eigenvalue weighted by atomic mass is 16.3. The van der Waals surface area contributed by atoms with Gasteiger partial charge in [0.25, 0.3) is 5.91 Å². The Bertz CT molecular complexity index is 750. The highest BCUT2D eigenvalue weighted by Crippen LogP contribution is 2.21. The number of pyridine rings is 1. The van der Waals surface area contributed by atoms with E-state index in [1.54, 1.807) is 36.7 Å². The molecule has 3 aromatic rings. The fourth-order valence-electron chi connectivity index (χ4n) is 1.94. The quantitative estimate of drug-likeness (QED) is 0.714. The number of anilines is 1. The van der Waals surface area contributed by atoms with Crippen molar-refractivity contribution in [3.63, 3.8) is 0 Å². The van der Waals surface area contributed by atoms with Crippen LogP contribution in [0, 0.1) is 0 Å². The summed E-state index contributed by atoms with van der Waals surface area (Å²) in [6, 6.07) is 10.7.